The molecule has 1 aromatic rings. The molecule has 0 aromatic heterocycles. The summed E-state index contributed by atoms with van der Waals surface area (Å²) in [5.41, 5.74) is 6.84. The van der Waals surface area contributed by atoms with Gasteiger partial charge in [-0.2, -0.15) is 0 Å². The molecular formula is C14H17BrFNO. The van der Waals surface area contributed by atoms with Crippen molar-refractivity contribution in [2.45, 2.75) is 38.1 Å². The molecular weight excluding hydrogens is 297 g/mol. The molecule has 1 aliphatic rings. The fraction of sp³-hybridized carbons (Fsp3) is 0.500. The molecule has 0 bridgehead atoms. The van der Waals surface area contributed by atoms with E-state index in [1.54, 1.807) is 6.07 Å². The molecule has 2 nitrogen and oxygen atoms in total. The molecule has 4 heteroatoms. The smallest absolute Gasteiger partial charge is 0.141 e. The Morgan fingerprint density at radius 1 is 1.39 bits per heavy atom. The topological polar surface area (TPSA) is 43.1 Å². The average Bonchev–Trinajstić information content (AvgIpc) is 2.33. The van der Waals surface area contributed by atoms with Crippen molar-refractivity contribution in [1.82, 2.24) is 0 Å². The van der Waals surface area contributed by atoms with E-state index in [2.05, 4.69) is 15.9 Å². The lowest BCUT2D eigenvalue weighted by atomic mass is 9.81. The van der Waals surface area contributed by atoms with Crippen molar-refractivity contribution < 1.29 is 9.18 Å². The normalized spacial score (nSPS) is 23.9. The van der Waals surface area contributed by atoms with Crippen LogP contribution in [0.1, 0.15) is 31.2 Å². The zero-order chi connectivity index (χ0) is 13.1. The van der Waals surface area contributed by atoms with E-state index in [4.69, 9.17) is 5.73 Å². The summed E-state index contributed by atoms with van der Waals surface area (Å²) in [6, 6.07) is 4.42. The van der Waals surface area contributed by atoms with Crippen LogP contribution in [0.5, 0.6) is 0 Å². The summed E-state index contributed by atoms with van der Waals surface area (Å²) >= 11 is 3.29. The number of carbonyl (C=O) groups excluding carboxylic acids is 1. The summed E-state index contributed by atoms with van der Waals surface area (Å²) in [4.78, 5) is 12.2. The molecule has 2 atom stereocenters. The van der Waals surface area contributed by atoms with Gasteiger partial charge in [0.15, 0.2) is 0 Å². The number of hydrogen-bond acceptors (Lipinski definition) is 2. The van der Waals surface area contributed by atoms with Gasteiger partial charge >= 0.3 is 0 Å². The van der Waals surface area contributed by atoms with E-state index in [0.29, 0.717) is 10.9 Å². The van der Waals surface area contributed by atoms with Crippen molar-refractivity contribution in [2.75, 3.05) is 0 Å². The van der Waals surface area contributed by atoms with Crippen LogP contribution in [0.25, 0.3) is 0 Å². The van der Waals surface area contributed by atoms with E-state index in [9.17, 15) is 9.18 Å². The first-order chi connectivity index (χ1) is 8.58. The van der Waals surface area contributed by atoms with Crippen molar-refractivity contribution in [3.63, 3.8) is 0 Å². The molecule has 18 heavy (non-hydrogen) atoms. The quantitative estimate of drug-likeness (QED) is 0.931. The molecule has 2 N–H and O–H groups in total. The van der Waals surface area contributed by atoms with Gasteiger partial charge in [0.2, 0.25) is 0 Å². The standard InChI is InChI=1S/C14H17BrFNO/c15-12-8-10(16)6-5-9(12)7-14(18)11-3-1-2-4-13(11)17/h5-6,8,11,13H,1-4,7,17H2. The summed E-state index contributed by atoms with van der Waals surface area (Å²) < 4.78 is 13.6. The maximum atomic E-state index is 13.0. The second-order valence-electron chi connectivity index (χ2n) is 4.93. The SMILES string of the molecule is NC1CCCCC1C(=O)Cc1ccc(F)cc1Br. The minimum absolute atomic E-state index is 0.00882. The molecule has 2 rings (SSSR count). The molecule has 0 radical (unpaired) electrons. The predicted octanol–water partition coefficient (Wildman–Crippen LogP) is 3.22. The molecule has 98 valence electrons. The summed E-state index contributed by atoms with van der Waals surface area (Å²) in [5.74, 6) is -0.155. The molecule has 2 unspecified atom stereocenters. The fourth-order valence-corrected chi connectivity index (χ4v) is 3.03. The monoisotopic (exact) mass is 313 g/mol. The first kappa shape index (κ1) is 13.7. The lowest BCUT2D eigenvalue weighted by molar-refractivity contribution is -0.123. The first-order valence-electron chi connectivity index (χ1n) is 6.30. The molecule has 0 spiro atoms. The van der Waals surface area contributed by atoms with Gasteiger partial charge in [0.1, 0.15) is 11.6 Å². The van der Waals surface area contributed by atoms with E-state index in [1.165, 1.54) is 12.1 Å². The molecule has 0 amide bonds. The van der Waals surface area contributed by atoms with E-state index < -0.39 is 0 Å². The van der Waals surface area contributed by atoms with Crippen LogP contribution < -0.4 is 5.73 Å². The van der Waals surface area contributed by atoms with E-state index in [-0.39, 0.29) is 23.6 Å². The van der Waals surface area contributed by atoms with Gasteiger partial charge in [-0.05, 0) is 30.5 Å². The number of rotatable bonds is 3. The number of benzene rings is 1. The lowest BCUT2D eigenvalue weighted by Gasteiger charge is -2.27. The summed E-state index contributed by atoms with van der Waals surface area (Å²) in [7, 11) is 0. The zero-order valence-electron chi connectivity index (χ0n) is 10.2. The summed E-state index contributed by atoms with van der Waals surface area (Å²) in [6.07, 6.45) is 4.35. The fourth-order valence-electron chi connectivity index (χ4n) is 2.54. The van der Waals surface area contributed by atoms with Crippen LogP contribution in [0.3, 0.4) is 0 Å². The van der Waals surface area contributed by atoms with Gasteiger partial charge in [0.05, 0.1) is 0 Å². The highest BCUT2D eigenvalue weighted by molar-refractivity contribution is 9.10. The minimum Gasteiger partial charge on any atom is -0.327 e. The molecule has 1 fully saturated rings. The number of carbonyl (C=O) groups is 1. The number of Topliss-reactive ketones (excluding diaryl/α,β-unsaturated/α-hetero) is 1. The molecule has 0 heterocycles. The van der Waals surface area contributed by atoms with Crippen LogP contribution >= 0.6 is 15.9 Å². The predicted molar refractivity (Wildman–Crippen MR) is 72.7 cm³/mol. The van der Waals surface area contributed by atoms with Gasteiger partial charge in [-0.1, -0.05) is 34.8 Å². The summed E-state index contributed by atoms with van der Waals surface area (Å²) in [5, 5.41) is 0. The van der Waals surface area contributed by atoms with Gasteiger partial charge in [-0.3, -0.25) is 4.79 Å². The van der Waals surface area contributed by atoms with Crippen LogP contribution in [0, 0.1) is 11.7 Å². The van der Waals surface area contributed by atoms with Crippen molar-refractivity contribution >= 4 is 21.7 Å². The molecule has 1 aliphatic carbocycles. The Morgan fingerprint density at radius 2 is 2.11 bits per heavy atom. The molecule has 0 saturated heterocycles. The maximum Gasteiger partial charge on any atom is 0.141 e. The number of ketones is 1. The Morgan fingerprint density at radius 3 is 2.78 bits per heavy atom. The van der Waals surface area contributed by atoms with E-state index in [1.807, 2.05) is 0 Å². The third kappa shape index (κ3) is 3.18. The Balaban J connectivity index is 2.06. The van der Waals surface area contributed by atoms with Crippen molar-refractivity contribution in [3.05, 3.63) is 34.1 Å². The van der Waals surface area contributed by atoms with Crippen molar-refractivity contribution in [1.29, 1.82) is 0 Å². The van der Waals surface area contributed by atoms with Crippen LogP contribution in [-0.4, -0.2) is 11.8 Å². The van der Waals surface area contributed by atoms with E-state index >= 15 is 0 Å². The van der Waals surface area contributed by atoms with Crippen LogP contribution in [0.4, 0.5) is 4.39 Å². The van der Waals surface area contributed by atoms with Crippen molar-refractivity contribution in [2.24, 2.45) is 11.7 Å². The lowest BCUT2D eigenvalue weighted by Crippen LogP contribution is -2.38. The van der Waals surface area contributed by atoms with Gasteiger partial charge in [0, 0.05) is 22.9 Å². The highest BCUT2D eigenvalue weighted by Gasteiger charge is 2.28. The Labute approximate surface area is 115 Å². The van der Waals surface area contributed by atoms with Gasteiger partial charge in [-0.15, -0.1) is 0 Å². The highest BCUT2D eigenvalue weighted by atomic mass is 79.9. The number of nitrogens with two attached hydrogens (primary N) is 1. The zero-order valence-corrected chi connectivity index (χ0v) is 11.7. The van der Waals surface area contributed by atoms with Crippen LogP contribution in [0.2, 0.25) is 0 Å². The summed E-state index contributed by atoms with van der Waals surface area (Å²) in [6.45, 7) is 0. The van der Waals surface area contributed by atoms with Crippen LogP contribution in [-0.2, 0) is 11.2 Å². The van der Waals surface area contributed by atoms with Gasteiger partial charge in [0.25, 0.3) is 0 Å². The second-order valence-corrected chi connectivity index (χ2v) is 5.79. The highest BCUT2D eigenvalue weighted by Crippen LogP contribution is 2.26. The number of halogens is 2. The maximum absolute atomic E-state index is 13.0. The molecule has 1 aromatic carbocycles. The molecule has 0 aliphatic heterocycles. The third-order valence-corrected chi connectivity index (χ3v) is 4.35. The largest absolute Gasteiger partial charge is 0.327 e. The number of hydrogen-bond donors (Lipinski definition) is 1. The Bertz CT molecular complexity index is 449. The minimum atomic E-state index is -0.299. The average molecular weight is 314 g/mol. The van der Waals surface area contributed by atoms with Crippen LogP contribution in [0.15, 0.2) is 22.7 Å². The van der Waals surface area contributed by atoms with E-state index in [0.717, 1.165) is 31.2 Å². The Kier molecular flexibility index (Phi) is 4.51. The van der Waals surface area contributed by atoms with Crippen molar-refractivity contribution in [3.8, 4) is 0 Å². The second kappa shape index (κ2) is 5.93. The first-order valence-corrected chi connectivity index (χ1v) is 7.09. The molecule has 1 saturated carbocycles. The van der Waals surface area contributed by atoms with Gasteiger partial charge < -0.3 is 5.73 Å². The third-order valence-electron chi connectivity index (χ3n) is 3.61. The van der Waals surface area contributed by atoms with Gasteiger partial charge in [-0.25, -0.2) is 4.39 Å². The Hall–Kier alpha value is -0.740.